The van der Waals surface area contributed by atoms with Crippen molar-refractivity contribution in [3.8, 4) is 0 Å². The first-order valence-corrected chi connectivity index (χ1v) is 13.3. The molecule has 1 aromatic heterocycles. The molecule has 0 saturated carbocycles. The topological polar surface area (TPSA) is 79.4 Å². The van der Waals surface area contributed by atoms with E-state index < -0.39 is 10.0 Å². The summed E-state index contributed by atoms with van der Waals surface area (Å²) >= 11 is 1.56. The first kappa shape index (κ1) is 22.4. The smallest absolute Gasteiger partial charge is 0.264 e. The fourth-order valence-corrected chi connectivity index (χ4v) is 6.46. The summed E-state index contributed by atoms with van der Waals surface area (Å²) in [6.45, 7) is 4.08. The summed E-state index contributed by atoms with van der Waals surface area (Å²) in [4.78, 5) is 18.9. The van der Waals surface area contributed by atoms with Crippen LogP contribution in [0.15, 0.2) is 83.9 Å². The monoisotopic (exact) mass is 489 g/mol. The van der Waals surface area contributed by atoms with Crippen LogP contribution in [0.5, 0.6) is 0 Å². The predicted molar refractivity (Wildman–Crippen MR) is 138 cm³/mol. The summed E-state index contributed by atoms with van der Waals surface area (Å²) in [5, 5.41) is 0.595. The van der Waals surface area contributed by atoms with E-state index in [2.05, 4.69) is 9.71 Å². The van der Waals surface area contributed by atoms with Gasteiger partial charge in [-0.15, -0.1) is 11.8 Å². The molecule has 0 aliphatic carbocycles. The summed E-state index contributed by atoms with van der Waals surface area (Å²) in [5.41, 5.74) is 4.99. The molecule has 5 rings (SSSR count). The standard InChI is InChI=1S/C26H23N3O3S2/c1-17-8-13-22(15-18(17)2)29-24(30)16-33-26(29)20-9-11-21(12-10-20)28-34(31,32)23-7-3-5-19-6-4-14-27-25(19)23/h3-15,26,28H,16H2,1-2H3/t26-/m1/s1. The van der Waals surface area contributed by atoms with Crippen LogP contribution in [0.1, 0.15) is 22.1 Å². The Morgan fingerprint density at radius 3 is 2.50 bits per heavy atom. The molecule has 0 radical (unpaired) electrons. The van der Waals surface area contributed by atoms with Gasteiger partial charge in [-0.3, -0.25) is 19.4 Å². The van der Waals surface area contributed by atoms with Crippen LogP contribution in [-0.4, -0.2) is 25.1 Å². The molecule has 0 bridgehead atoms. The molecule has 1 N–H and O–H groups in total. The number of aryl methyl sites for hydroxylation is 2. The van der Waals surface area contributed by atoms with Gasteiger partial charge in [0.2, 0.25) is 5.91 Å². The zero-order chi connectivity index (χ0) is 23.9. The van der Waals surface area contributed by atoms with Crippen molar-refractivity contribution in [2.24, 2.45) is 0 Å². The van der Waals surface area contributed by atoms with Gasteiger partial charge in [0.1, 0.15) is 10.3 Å². The molecule has 1 amide bonds. The van der Waals surface area contributed by atoms with E-state index in [1.165, 1.54) is 5.56 Å². The molecule has 172 valence electrons. The molecule has 6 nitrogen and oxygen atoms in total. The lowest BCUT2D eigenvalue weighted by Gasteiger charge is -2.25. The summed E-state index contributed by atoms with van der Waals surface area (Å²) in [6, 6.07) is 21.9. The van der Waals surface area contributed by atoms with Crippen molar-refractivity contribution in [2.75, 3.05) is 15.4 Å². The number of fused-ring (bicyclic) bond motifs is 1. The van der Waals surface area contributed by atoms with E-state index in [0.717, 1.165) is 22.2 Å². The number of anilines is 2. The van der Waals surface area contributed by atoms with Gasteiger partial charge >= 0.3 is 0 Å². The molecule has 1 atom stereocenters. The highest BCUT2D eigenvalue weighted by Gasteiger charge is 2.34. The minimum absolute atomic E-state index is 0.0616. The van der Waals surface area contributed by atoms with Crippen LogP contribution in [0, 0.1) is 13.8 Å². The van der Waals surface area contributed by atoms with Crippen LogP contribution < -0.4 is 9.62 Å². The zero-order valence-electron chi connectivity index (χ0n) is 18.7. The highest BCUT2D eigenvalue weighted by Crippen LogP contribution is 2.42. The summed E-state index contributed by atoms with van der Waals surface area (Å²) < 4.78 is 28.8. The van der Waals surface area contributed by atoms with E-state index >= 15 is 0 Å². The molecule has 2 heterocycles. The molecule has 1 fully saturated rings. The first-order chi connectivity index (χ1) is 16.3. The molecule has 1 aliphatic rings. The number of nitrogens with one attached hydrogen (secondary N) is 1. The third-order valence-corrected chi connectivity index (χ3v) is 8.60. The average molecular weight is 490 g/mol. The Bertz CT molecular complexity index is 1500. The van der Waals surface area contributed by atoms with Gasteiger partial charge in [-0.05, 0) is 66.9 Å². The van der Waals surface area contributed by atoms with E-state index in [1.807, 2.05) is 61.2 Å². The Balaban J connectivity index is 1.41. The van der Waals surface area contributed by atoms with Gasteiger partial charge in [0.15, 0.2) is 0 Å². The van der Waals surface area contributed by atoms with Crippen LogP contribution in [0.2, 0.25) is 0 Å². The number of carbonyl (C=O) groups is 1. The molecule has 4 aromatic rings. The van der Waals surface area contributed by atoms with Crippen LogP contribution >= 0.6 is 11.8 Å². The normalized spacial score (nSPS) is 16.2. The SMILES string of the molecule is Cc1ccc(N2C(=O)CS[C@@H]2c2ccc(NS(=O)(=O)c3cccc4cccnc34)cc2)cc1C. The lowest BCUT2D eigenvalue weighted by atomic mass is 10.1. The number of carbonyl (C=O) groups excluding carboxylic acids is 1. The van der Waals surface area contributed by atoms with Crippen LogP contribution in [0.4, 0.5) is 11.4 Å². The molecule has 0 unspecified atom stereocenters. The number of para-hydroxylation sites is 1. The lowest BCUT2D eigenvalue weighted by molar-refractivity contribution is -0.115. The molecule has 1 aliphatic heterocycles. The van der Waals surface area contributed by atoms with E-state index in [0.29, 0.717) is 17.0 Å². The third kappa shape index (κ3) is 4.15. The highest BCUT2D eigenvalue weighted by atomic mass is 32.2. The van der Waals surface area contributed by atoms with Crippen molar-refractivity contribution in [2.45, 2.75) is 24.1 Å². The molecule has 3 aromatic carbocycles. The second kappa shape index (κ2) is 8.77. The number of rotatable bonds is 5. The van der Waals surface area contributed by atoms with Gasteiger partial charge < -0.3 is 0 Å². The number of aromatic nitrogens is 1. The second-order valence-corrected chi connectivity index (χ2v) is 11.0. The molecule has 1 saturated heterocycles. The fraction of sp³-hybridized carbons (Fsp3) is 0.154. The van der Waals surface area contributed by atoms with Gasteiger partial charge in [0.05, 0.1) is 11.3 Å². The molecule has 0 spiro atoms. The van der Waals surface area contributed by atoms with Crippen LogP contribution in [-0.2, 0) is 14.8 Å². The summed E-state index contributed by atoms with van der Waals surface area (Å²) in [6.07, 6.45) is 1.58. The van der Waals surface area contributed by atoms with Crippen molar-refractivity contribution in [1.29, 1.82) is 0 Å². The maximum absolute atomic E-state index is 13.1. The average Bonchev–Trinajstić information content (AvgIpc) is 3.22. The van der Waals surface area contributed by atoms with E-state index in [1.54, 1.807) is 48.3 Å². The van der Waals surface area contributed by atoms with Crippen LogP contribution in [0.25, 0.3) is 10.9 Å². The van der Waals surface area contributed by atoms with Gasteiger partial charge in [0.25, 0.3) is 10.0 Å². The number of nitrogens with zero attached hydrogens (tertiary/aromatic N) is 2. The number of benzene rings is 3. The van der Waals surface area contributed by atoms with E-state index in [-0.39, 0.29) is 16.2 Å². The van der Waals surface area contributed by atoms with Crippen molar-refractivity contribution in [3.63, 3.8) is 0 Å². The van der Waals surface area contributed by atoms with Gasteiger partial charge in [-0.25, -0.2) is 8.42 Å². The Morgan fingerprint density at radius 1 is 0.971 bits per heavy atom. The number of amides is 1. The van der Waals surface area contributed by atoms with Crippen molar-refractivity contribution in [3.05, 3.63) is 95.7 Å². The van der Waals surface area contributed by atoms with E-state index in [4.69, 9.17) is 0 Å². The summed E-state index contributed by atoms with van der Waals surface area (Å²) in [5.74, 6) is 0.464. The Hall–Kier alpha value is -3.36. The largest absolute Gasteiger partial charge is 0.295 e. The van der Waals surface area contributed by atoms with E-state index in [9.17, 15) is 13.2 Å². The number of pyridine rings is 1. The maximum atomic E-state index is 13.1. The maximum Gasteiger partial charge on any atom is 0.264 e. The Kier molecular flexibility index (Phi) is 5.79. The zero-order valence-corrected chi connectivity index (χ0v) is 20.4. The van der Waals surface area contributed by atoms with Crippen molar-refractivity contribution in [1.82, 2.24) is 4.98 Å². The minimum atomic E-state index is -3.83. The highest BCUT2D eigenvalue weighted by molar-refractivity contribution is 8.00. The van der Waals surface area contributed by atoms with Crippen molar-refractivity contribution >= 4 is 50.0 Å². The van der Waals surface area contributed by atoms with Gasteiger partial charge in [-0.1, -0.05) is 36.4 Å². The Labute approximate surface area is 203 Å². The first-order valence-electron chi connectivity index (χ1n) is 10.8. The van der Waals surface area contributed by atoms with Gasteiger partial charge in [0, 0.05) is 23.0 Å². The molecule has 8 heteroatoms. The number of thioether (sulfide) groups is 1. The second-order valence-electron chi connectivity index (χ2n) is 8.25. The van der Waals surface area contributed by atoms with Crippen molar-refractivity contribution < 1.29 is 13.2 Å². The summed E-state index contributed by atoms with van der Waals surface area (Å²) in [7, 11) is -3.83. The van der Waals surface area contributed by atoms with Gasteiger partial charge in [-0.2, -0.15) is 0 Å². The quantitative estimate of drug-likeness (QED) is 0.404. The lowest BCUT2D eigenvalue weighted by Crippen LogP contribution is -2.27. The Morgan fingerprint density at radius 2 is 1.74 bits per heavy atom. The minimum Gasteiger partial charge on any atom is -0.295 e. The third-order valence-electron chi connectivity index (χ3n) is 5.97. The molecular weight excluding hydrogens is 466 g/mol. The number of sulfonamides is 1. The molecule has 34 heavy (non-hydrogen) atoms. The fourth-order valence-electron chi connectivity index (χ4n) is 4.04. The predicted octanol–water partition coefficient (Wildman–Crippen LogP) is 5.43. The van der Waals surface area contributed by atoms with Crippen LogP contribution in [0.3, 0.4) is 0 Å². The number of hydrogen-bond acceptors (Lipinski definition) is 5. The molecular formula is C26H23N3O3S2. The number of hydrogen-bond donors (Lipinski definition) is 1.